The largest absolute Gasteiger partial charge is 0.469 e. The van der Waals surface area contributed by atoms with Crippen LogP contribution in [0, 0.1) is 0 Å². The number of rotatable bonds is 3. The molecule has 0 aliphatic carbocycles. The summed E-state index contributed by atoms with van der Waals surface area (Å²) >= 11 is 0. The molecular weight excluding hydrogens is 120 g/mol. The lowest BCUT2D eigenvalue weighted by Crippen LogP contribution is -2.12. The molecule has 0 fully saturated rings. The molecule has 1 atom stereocenters. The SMILES string of the molecule is [2H][C@](O)(CC)CC(=O)OC. The van der Waals surface area contributed by atoms with Gasteiger partial charge in [0.05, 0.1) is 21.0 Å². The first-order valence-corrected chi connectivity index (χ1v) is 2.81. The Kier molecular flexibility index (Phi) is 3.15. The molecule has 0 heterocycles. The van der Waals surface area contributed by atoms with Crippen LogP contribution in [0.25, 0.3) is 0 Å². The molecule has 1 N–H and O–H groups in total. The van der Waals surface area contributed by atoms with Gasteiger partial charge in [-0.2, -0.15) is 0 Å². The highest BCUT2D eigenvalue weighted by molar-refractivity contribution is 5.69. The van der Waals surface area contributed by atoms with Crippen LogP contribution in [-0.4, -0.2) is 24.3 Å². The summed E-state index contributed by atoms with van der Waals surface area (Å²) in [5.74, 6) is -0.556. The fourth-order valence-corrected chi connectivity index (χ4v) is 0.364. The molecule has 0 rings (SSSR count). The van der Waals surface area contributed by atoms with Crippen molar-refractivity contribution in [2.24, 2.45) is 0 Å². The number of esters is 1. The molecule has 0 saturated carbocycles. The van der Waals surface area contributed by atoms with Crippen molar-refractivity contribution in [3.8, 4) is 0 Å². The van der Waals surface area contributed by atoms with Crippen molar-refractivity contribution < 1.29 is 16.0 Å². The molecule has 0 spiro atoms. The van der Waals surface area contributed by atoms with Crippen LogP contribution >= 0.6 is 0 Å². The van der Waals surface area contributed by atoms with E-state index in [1.807, 2.05) is 0 Å². The van der Waals surface area contributed by atoms with Crippen LogP contribution in [0.3, 0.4) is 0 Å². The highest BCUT2D eigenvalue weighted by Crippen LogP contribution is 1.96. The maximum absolute atomic E-state index is 10.5. The lowest BCUT2D eigenvalue weighted by Gasteiger charge is -2.03. The van der Waals surface area contributed by atoms with Gasteiger partial charge < -0.3 is 9.84 Å². The van der Waals surface area contributed by atoms with E-state index < -0.39 is 12.0 Å². The maximum Gasteiger partial charge on any atom is 0.308 e. The molecule has 0 bridgehead atoms. The Hall–Kier alpha value is -0.570. The summed E-state index contributed by atoms with van der Waals surface area (Å²) in [6, 6.07) is 0. The van der Waals surface area contributed by atoms with E-state index in [2.05, 4.69) is 4.74 Å². The molecule has 0 amide bonds. The zero-order valence-electron chi connectivity index (χ0n) is 6.68. The molecule has 0 aromatic carbocycles. The highest BCUT2D eigenvalue weighted by atomic mass is 16.5. The smallest absolute Gasteiger partial charge is 0.308 e. The van der Waals surface area contributed by atoms with E-state index in [1.54, 1.807) is 6.92 Å². The zero-order chi connectivity index (χ0) is 8.20. The normalized spacial score (nSPS) is 17.9. The number of aliphatic hydroxyl groups is 1. The van der Waals surface area contributed by atoms with E-state index in [9.17, 15) is 4.79 Å². The molecular formula is C6H12O3. The lowest BCUT2D eigenvalue weighted by molar-refractivity contribution is -0.142. The Labute approximate surface area is 56.0 Å². The van der Waals surface area contributed by atoms with Gasteiger partial charge in [0.2, 0.25) is 0 Å². The van der Waals surface area contributed by atoms with E-state index in [-0.39, 0.29) is 12.8 Å². The number of ether oxygens (including phenoxy) is 1. The third-order valence-electron chi connectivity index (χ3n) is 0.984. The Bertz CT molecular complexity index is 122. The standard InChI is InChI=1S/C6H12O3/c1-3-5(7)4-6(8)9-2/h5,7H,3-4H2,1-2H3/t5-/m0/s1/i5D. The summed E-state index contributed by atoms with van der Waals surface area (Å²) in [6.07, 6.45) is -1.70. The molecule has 0 aromatic rings. The maximum atomic E-state index is 10.5. The second-order valence-corrected chi connectivity index (χ2v) is 1.67. The number of methoxy groups -OCH3 is 1. The second-order valence-electron chi connectivity index (χ2n) is 1.67. The minimum absolute atomic E-state index is 0.224. The summed E-state index contributed by atoms with van der Waals surface area (Å²) < 4.78 is 11.3. The summed E-state index contributed by atoms with van der Waals surface area (Å²) in [6.45, 7) is 1.63. The Morgan fingerprint density at radius 1 is 2.00 bits per heavy atom. The minimum atomic E-state index is -1.66. The van der Waals surface area contributed by atoms with Crippen LogP contribution in [0.4, 0.5) is 0 Å². The van der Waals surface area contributed by atoms with Crippen molar-refractivity contribution in [1.82, 2.24) is 0 Å². The van der Waals surface area contributed by atoms with Gasteiger partial charge in [-0.25, -0.2) is 0 Å². The molecule has 0 radical (unpaired) electrons. The van der Waals surface area contributed by atoms with E-state index >= 15 is 0 Å². The summed E-state index contributed by atoms with van der Waals surface area (Å²) in [5, 5.41) is 8.99. The molecule has 0 aromatic heterocycles. The molecule has 54 valence electrons. The van der Waals surface area contributed by atoms with Crippen LogP contribution in [-0.2, 0) is 9.53 Å². The van der Waals surface area contributed by atoms with Crippen LogP contribution in [0.15, 0.2) is 0 Å². The molecule has 0 saturated heterocycles. The van der Waals surface area contributed by atoms with Crippen LogP contribution in [0.5, 0.6) is 0 Å². The Morgan fingerprint density at radius 2 is 2.56 bits per heavy atom. The predicted octanol–water partition coefficient (Wildman–Crippen LogP) is 0.320. The summed E-state index contributed by atoms with van der Waals surface area (Å²) in [5.41, 5.74) is 0. The van der Waals surface area contributed by atoms with Gasteiger partial charge in [0.1, 0.15) is 0 Å². The molecule has 3 nitrogen and oxygen atoms in total. The van der Waals surface area contributed by atoms with Crippen molar-refractivity contribution in [3.63, 3.8) is 0 Å². The molecule has 9 heavy (non-hydrogen) atoms. The van der Waals surface area contributed by atoms with Gasteiger partial charge in [-0.05, 0) is 6.42 Å². The van der Waals surface area contributed by atoms with E-state index in [0.717, 1.165) is 0 Å². The van der Waals surface area contributed by atoms with Gasteiger partial charge in [0, 0.05) is 0 Å². The Morgan fingerprint density at radius 3 is 2.89 bits per heavy atom. The Balaban J connectivity index is 3.76. The first-order chi connectivity index (χ1) is 4.52. The topological polar surface area (TPSA) is 46.5 Å². The number of carbonyl (C=O) groups excluding carboxylic acids is 1. The average molecular weight is 133 g/mol. The van der Waals surface area contributed by atoms with Gasteiger partial charge in [-0.3, -0.25) is 4.79 Å². The number of hydrogen-bond donors (Lipinski definition) is 1. The first kappa shape index (κ1) is 6.55. The predicted molar refractivity (Wildman–Crippen MR) is 32.9 cm³/mol. The fraction of sp³-hybridized carbons (Fsp3) is 0.833. The second kappa shape index (κ2) is 4.32. The van der Waals surface area contributed by atoms with Crippen LogP contribution in [0.2, 0.25) is 0 Å². The van der Waals surface area contributed by atoms with Crippen molar-refractivity contribution in [2.45, 2.75) is 25.8 Å². The van der Waals surface area contributed by atoms with Gasteiger partial charge in [-0.15, -0.1) is 0 Å². The van der Waals surface area contributed by atoms with E-state index in [1.165, 1.54) is 7.11 Å². The quantitative estimate of drug-likeness (QED) is 0.564. The van der Waals surface area contributed by atoms with Gasteiger partial charge in [0.15, 0.2) is 0 Å². The van der Waals surface area contributed by atoms with Crippen molar-refractivity contribution in [2.75, 3.05) is 7.11 Å². The highest BCUT2D eigenvalue weighted by Gasteiger charge is 2.06. The lowest BCUT2D eigenvalue weighted by atomic mass is 10.2. The average Bonchev–Trinajstić information content (AvgIpc) is 1.87. The monoisotopic (exact) mass is 133 g/mol. The van der Waals surface area contributed by atoms with Crippen LogP contribution in [0.1, 0.15) is 21.1 Å². The molecule has 0 aliphatic rings. The van der Waals surface area contributed by atoms with Gasteiger partial charge in [0.25, 0.3) is 0 Å². The molecule has 3 heteroatoms. The fourth-order valence-electron chi connectivity index (χ4n) is 0.364. The van der Waals surface area contributed by atoms with E-state index in [0.29, 0.717) is 0 Å². The number of hydrogen-bond acceptors (Lipinski definition) is 3. The van der Waals surface area contributed by atoms with Crippen molar-refractivity contribution in [3.05, 3.63) is 0 Å². The summed E-state index contributed by atoms with van der Waals surface area (Å²) in [4.78, 5) is 10.5. The van der Waals surface area contributed by atoms with Crippen molar-refractivity contribution >= 4 is 5.97 Å². The molecule has 0 aliphatic heterocycles. The first-order valence-electron chi connectivity index (χ1n) is 3.31. The number of carbonyl (C=O) groups is 1. The van der Waals surface area contributed by atoms with Crippen LogP contribution < -0.4 is 0 Å². The van der Waals surface area contributed by atoms with Crippen molar-refractivity contribution in [1.29, 1.82) is 0 Å². The molecule has 0 unspecified atom stereocenters. The minimum Gasteiger partial charge on any atom is -0.469 e. The third-order valence-corrected chi connectivity index (χ3v) is 0.984. The zero-order valence-corrected chi connectivity index (χ0v) is 5.68. The van der Waals surface area contributed by atoms with E-state index in [4.69, 9.17) is 6.48 Å². The van der Waals surface area contributed by atoms with Gasteiger partial charge in [-0.1, -0.05) is 6.92 Å². The third kappa shape index (κ3) is 3.97. The van der Waals surface area contributed by atoms with Gasteiger partial charge >= 0.3 is 5.97 Å². The summed E-state index contributed by atoms with van der Waals surface area (Å²) in [7, 11) is 1.23.